The van der Waals surface area contributed by atoms with Crippen LogP contribution in [0.4, 0.5) is 5.95 Å². The molecule has 0 unspecified atom stereocenters. The molecule has 1 amide bonds. The van der Waals surface area contributed by atoms with E-state index in [1.807, 2.05) is 7.05 Å². The third-order valence-corrected chi connectivity index (χ3v) is 4.97. The number of hydrogen-bond acceptors (Lipinski definition) is 4. The Balaban J connectivity index is 0.00000261. The fourth-order valence-corrected chi connectivity index (χ4v) is 3.32. The first-order chi connectivity index (χ1) is 12.6. The van der Waals surface area contributed by atoms with E-state index in [0.29, 0.717) is 18.3 Å². The molecule has 1 fully saturated rings. The van der Waals surface area contributed by atoms with Gasteiger partial charge in [-0.15, -0.1) is 12.4 Å². The summed E-state index contributed by atoms with van der Waals surface area (Å²) in [6, 6.07) is 8.60. The number of unbranched alkanes of at least 4 members (excludes halogenated alkanes) is 1. The first-order valence-corrected chi connectivity index (χ1v) is 9.59. The molecule has 0 radical (unpaired) electrons. The van der Waals surface area contributed by atoms with Gasteiger partial charge in [-0.05, 0) is 57.7 Å². The summed E-state index contributed by atoms with van der Waals surface area (Å²) in [6.07, 6.45) is 5.51. The second-order valence-electron chi connectivity index (χ2n) is 7.18. The van der Waals surface area contributed by atoms with Crippen LogP contribution in [0.25, 0.3) is 0 Å². The van der Waals surface area contributed by atoms with Gasteiger partial charge in [0.05, 0.1) is 0 Å². The maximum Gasteiger partial charge on any atom is 0.227 e. The molecule has 1 aromatic carbocycles. The van der Waals surface area contributed by atoms with Gasteiger partial charge in [-0.3, -0.25) is 10.1 Å². The number of aryl methyl sites for hydroxylation is 3. The lowest BCUT2D eigenvalue weighted by molar-refractivity contribution is -0.116. The van der Waals surface area contributed by atoms with Crippen molar-refractivity contribution >= 4 is 24.3 Å². The minimum absolute atomic E-state index is 0. The van der Waals surface area contributed by atoms with Gasteiger partial charge >= 0.3 is 0 Å². The van der Waals surface area contributed by atoms with Crippen molar-refractivity contribution in [1.29, 1.82) is 0 Å². The Hall–Kier alpha value is -1.92. The van der Waals surface area contributed by atoms with Crippen LogP contribution in [0.5, 0.6) is 0 Å². The van der Waals surface area contributed by atoms with Gasteiger partial charge in [-0.1, -0.05) is 29.8 Å². The Labute approximate surface area is 167 Å². The number of hydrogen-bond donors (Lipinski definition) is 2. The number of amides is 1. The van der Waals surface area contributed by atoms with E-state index in [-0.39, 0.29) is 18.3 Å². The van der Waals surface area contributed by atoms with Crippen LogP contribution in [0.2, 0.25) is 0 Å². The molecule has 2 heterocycles. The van der Waals surface area contributed by atoms with Gasteiger partial charge < -0.3 is 5.32 Å². The van der Waals surface area contributed by atoms with Gasteiger partial charge in [-0.25, -0.2) is 4.68 Å². The zero-order valence-corrected chi connectivity index (χ0v) is 17.0. The summed E-state index contributed by atoms with van der Waals surface area (Å²) in [5.41, 5.74) is 2.61. The van der Waals surface area contributed by atoms with Crippen LogP contribution in [0.15, 0.2) is 24.3 Å². The highest BCUT2D eigenvalue weighted by atomic mass is 35.5. The molecule has 0 aliphatic carbocycles. The van der Waals surface area contributed by atoms with E-state index >= 15 is 0 Å². The third kappa shape index (κ3) is 6.33. The molecule has 1 aliphatic heterocycles. The summed E-state index contributed by atoms with van der Waals surface area (Å²) >= 11 is 0. The molecule has 0 atom stereocenters. The summed E-state index contributed by atoms with van der Waals surface area (Å²) in [6.45, 7) is 4.11. The smallest absolute Gasteiger partial charge is 0.227 e. The first kappa shape index (κ1) is 21.4. The lowest BCUT2D eigenvalue weighted by atomic mass is 9.98. The van der Waals surface area contributed by atoms with Crippen molar-refractivity contribution in [1.82, 2.24) is 20.1 Å². The summed E-state index contributed by atoms with van der Waals surface area (Å²) in [4.78, 5) is 16.8. The highest BCUT2D eigenvalue weighted by Crippen LogP contribution is 2.23. The van der Waals surface area contributed by atoms with Gasteiger partial charge in [-0.2, -0.15) is 10.1 Å². The quantitative estimate of drug-likeness (QED) is 0.710. The van der Waals surface area contributed by atoms with Gasteiger partial charge in [0, 0.05) is 19.4 Å². The van der Waals surface area contributed by atoms with E-state index in [0.717, 1.165) is 51.0 Å². The third-order valence-electron chi connectivity index (χ3n) is 4.97. The number of carbonyl (C=O) groups is 1. The van der Waals surface area contributed by atoms with E-state index in [1.54, 1.807) is 4.68 Å². The molecule has 2 aromatic rings. The van der Waals surface area contributed by atoms with Crippen molar-refractivity contribution in [2.45, 2.75) is 51.4 Å². The van der Waals surface area contributed by atoms with Crippen molar-refractivity contribution in [3.05, 3.63) is 41.2 Å². The molecular formula is C20H30ClN5O. The highest BCUT2D eigenvalue weighted by molar-refractivity contribution is 5.88. The number of aromatic nitrogens is 3. The van der Waals surface area contributed by atoms with Crippen molar-refractivity contribution in [2.24, 2.45) is 7.05 Å². The average molecular weight is 392 g/mol. The molecular weight excluding hydrogens is 362 g/mol. The molecule has 1 aromatic heterocycles. The minimum atomic E-state index is 0. The molecule has 0 bridgehead atoms. The van der Waals surface area contributed by atoms with Crippen LogP contribution in [0, 0.1) is 6.92 Å². The zero-order valence-electron chi connectivity index (χ0n) is 16.2. The van der Waals surface area contributed by atoms with Crippen molar-refractivity contribution < 1.29 is 4.79 Å². The molecule has 3 rings (SSSR count). The average Bonchev–Trinajstić information content (AvgIpc) is 3.01. The number of carbonyl (C=O) groups excluding carboxylic acids is 1. The van der Waals surface area contributed by atoms with Crippen molar-refractivity contribution in [3.63, 3.8) is 0 Å². The van der Waals surface area contributed by atoms with Gasteiger partial charge in [0.1, 0.15) is 0 Å². The predicted octanol–water partition coefficient (Wildman–Crippen LogP) is 3.36. The normalized spacial score (nSPS) is 14.6. The summed E-state index contributed by atoms with van der Waals surface area (Å²) in [7, 11) is 1.84. The Bertz CT molecular complexity index is 722. The monoisotopic (exact) mass is 391 g/mol. The lowest BCUT2D eigenvalue weighted by Gasteiger charge is -2.19. The number of nitrogens with one attached hydrogen (secondary N) is 2. The van der Waals surface area contributed by atoms with Crippen LogP contribution in [-0.2, 0) is 18.3 Å². The SMILES string of the molecule is Cc1ccc(CCCCC(=O)Nc2nc(C3CCNCC3)nn2C)cc1.Cl. The Kier molecular flexibility index (Phi) is 8.25. The number of nitrogens with zero attached hydrogens (tertiary/aromatic N) is 3. The van der Waals surface area contributed by atoms with E-state index in [1.165, 1.54) is 11.1 Å². The van der Waals surface area contributed by atoms with Crippen LogP contribution < -0.4 is 10.6 Å². The molecule has 0 saturated carbocycles. The van der Waals surface area contributed by atoms with Crippen LogP contribution >= 0.6 is 12.4 Å². The predicted molar refractivity (Wildman–Crippen MR) is 110 cm³/mol. The topological polar surface area (TPSA) is 71.8 Å². The van der Waals surface area contributed by atoms with Crippen LogP contribution in [-0.4, -0.2) is 33.8 Å². The van der Waals surface area contributed by atoms with Crippen molar-refractivity contribution in [2.75, 3.05) is 18.4 Å². The zero-order chi connectivity index (χ0) is 18.4. The Morgan fingerprint density at radius 1 is 1.22 bits per heavy atom. The second kappa shape index (κ2) is 10.4. The van der Waals surface area contributed by atoms with E-state index in [9.17, 15) is 4.79 Å². The fraction of sp³-hybridized carbons (Fsp3) is 0.550. The van der Waals surface area contributed by atoms with Crippen LogP contribution in [0.3, 0.4) is 0 Å². The lowest BCUT2D eigenvalue weighted by Crippen LogP contribution is -2.27. The molecule has 7 heteroatoms. The highest BCUT2D eigenvalue weighted by Gasteiger charge is 2.21. The fourth-order valence-electron chi connectivity index (χ4n) is 3.32. The summed E-state index contributed by atoms with van der Waals surface area (Å²) in [5.74, 6) is 1.81. The molecule has 1 saturated heterocycles. The molecule has 27 heavy (non-hydrogen) atoms. The first-order valence-electron chi connectivity index (χ1n) is 9.59. The molecule has 1 aliphatic rings. The van der Waals surface area contributed by atoms with Crippen molar-refractivity contribution in [3.8, 4) is 0 Å². The van der Waals surface area contributed by atoms with Gasteiger partial charge in [0.25, 0.3) is 0 Å². The second-order valence-corrected chi connectivity index (χ2v) is 7.18. The van der Waals surface area contributed by atoms with Gasteiger partial charge in [0.2, 0.25) is 11.9 Å². The van der Waals surface area contributed by atoms with E-state index < -0.39 is 0 Å². The Morgan fingerprint density at radius 3 is 2.63 bits per heavy atom. The number of rotatable bonds is 7. The molecule has 6 nitrogen and oxygen atoms in total. The summed E-state index contributed by atoms with van der Waals surface area (Å²) < 4.78 is 1.68. The Morgan fingerprint density at radius 2 is 1.93 bits per heavy atom. The van der Waals surface area contributed by atoms with Gasteiger partial charge in [0.15, 0.2) is 5.82 Å². The maximum absolute atomic E-state index is 12.2. The molecule has 2 N–H and O–H groups in total. The number of halogens is 1. The van der Waals surface area contributed by atoms with E-state index in [2.05, 4.69) is 51.9 Å². The standard InChI is InChI=1S/C20H29N5O.ClH/c1-15-7-9-16(10-8-15)5-3-4-6-18(26)22-20-23-19(24-25(20)2)17-11-13-21-14-12-17;/h7-10,17,21H,3-6,11-14H2,1-2H3,(H,22,23,24,26);1H. The number of piperidine rings is 1. The largest absolute Gasteiger partial charge is 0.317 e. The molecule has 0 spiro atoms. The number of anilines is 1. The van der Waals surface area contributed by atoms with E-state index in [4.69, 9.17) is 0 Å². The summed E-state index contributed by atoms with van der Waals surface area (Å²) in [5, 5.41) is 10.8. The molecule has 148 valence electrons. The number of benzene rings is 1. The van der Waals surface area contributed by atoms with Crippen LogP contribution in [0.1, 0.15) is 55.0 Å². The maximum atomic E-state index is 12.2. The minimum Gasteiger partial charge on any atom is -0.317 e.